The summed E-state index contributed by atoms with van der Waals surface area (Å²) in [5, 5.41) is 3.11. The smallest absolute Gasteiger partial charge is 0.227 e. The van der Waals surface area contributed by atoms with Gasteiger partial charge in [-0.15, -0.1) is 11.3 Å². The molecular formula is C17H20N2OS. The van der Waals surface area contributed by atoms with Gasteiger partial charge in [0.1, 0.15) is 0 Å². The maximum Gasteiger partial charge on any atom is 0.227 e. The maximum atomic E-state index is 12.6. The highest BCUT2D eigenvalue weighted by Crippen LogP contribution is 2.28. The van der Waals surface area contributed by atoms with Crippen molar-refractivity contribution in [1.82, 2.24) is 9.88 Å². The van der Waals surface area contributed by atoms with E-state index in [1.807, 2.05) is 23.7 Å². The van der Waals surface area contributed by atoms with Gasteiger partial charge in [0.2, 0.25) is 5.91 Å². The summed E-state index contributed by atoms with van der Waals surface area (Å²) in [5.41, 5.74) is 2.32. The summed E-state index contributed by atoms with van der Waals surface area (Å²) in [4.78, 5) is 18.9. The summed E-state index contributed by atoms with van der Waals surface area (Å²) in [6.07, 6.45) is 5.51. The molecule has 1 saturated carbocycles. The number of carbonyl (C=O) groups is 1. The first-order valence-corrected chi connectivity index (χ1v) is 8.34. The molecule has 0 bridgehead atoms. The van der Waals surface area contributed by atoms with Crippen LogP contribution in [0.2, 0.25) is 0 Å². The van der Waals surface area contributed by atoms with Crippen LogP contribution in [-0.4, -0.2) is 28.4 Å². The molecule has 0 N–H and O–H groups in total. The van der Waals surface area contributed by atoms with Gasteiger partial charge in [-0.1, -0.05) is 29.8 Å². The lowest BCUT2D eigenvalue weighted by Crippen LogP contribution is -2.36. The highest BCUT2D eigenvalue weighted by atomic mass is 32.1. The summed E-state index contributed by atoms with van der Waals surface area (Å²) in [5.74, 6) is 0.250. The van der Waals surface area contributed by atoms with Crippen LogP contribution in [0.5, 0.6) is 0 Å². The molecule has 1 aliphatic rings. The van der Waals surface area contributed by atoms with Crippen LogP contribution in [0.4, 0.5) is 0 Å². The zero-order chi connectivity index (χ0) is 14.7. The number of aromatic nitrogens is 1. The molecule has 0 spiro atoms. The van der Waals surface area contributed by atoms with E-state index in [1.165, 1.54) is 5.56 Å². The van der Waals surface area contributed by atoms with Gasteiger partial charge in [-0.05, 0) is 25.3 Å². The Bertz CT molecular complexity index is 605. The van der Waals surface area contributed by atoms with E-state index in [1.54, 1.807) is 11.3 Å². The van der Waals surface area contributed by atoms with Crippen LogP contribution in [0.25, 0.3) is 0 Å². The van der Waals surface area contributed by atoms with Crippen molar-refractivity contribution in [2.45, 2.75) is 38.6 Å². The van der Waals surface area contributed by atoms with Crippen molar-refractivity contribution in [2.24, 2.45) is 0 Å². The van der Waals surface area contributed by atoms with E-state index < -0.39 is 0 Å². The molecule has 1 aromatic heterocycles. The van der Waals surface area contributed by atoms with Gasteiger partial charge >= 0.3 is 0 Å². The highest BCUT2D eigenvalue weighted by molar-refractivity contribution is 7.09. The van der Waals surface area contributed by atoms with Crippen LogP contribution in [0.1, 0.15) is 29.0 Å². The van der Waals surface area contributed by atoms with E-state index >= 15 is 0 Å². The average molecular weight is 300 g/mol. The van der Waals surface area contributed by atoms with E-state index in [0.717, 1.165) is 36.4 Å². The molecule has 1 amide bonds. The highest BCUT2D eigenvalue weighted by Gasteiger charge is 2.32. The Hall–Kier alpha value is -1.68. The van der Waals surface area contributed by atoms with Gasteiger partial charge in [0, 0.05) is 30.6 Å². The molecular weight excluding hydrogens is 280 g/mol. The number of hydrogen-bond acceptors (Lipinski definition) is 3. The Morgan fingerprint density at radius 1 is 1.43 bits per heavy atom. The molecule has 1 aliphatic carbocycles. The molecule has 0 radical (unpaired) electrons. The number of hydrogen-bond donors (Lipinski definition) is 0. The third-order valence-electron chi connectivity index (χ3n) is 3.80. The minimum atomic E-state index is 0.250. The van der Waals surface area contributed by atoms with Crippen LogP contribution in [0.15, 0.2) is 35.8 Å². The molecule has 4 heteroatoms. The molecule has 2 aromatic rings. The summed E-state index contributed by atoms with van der Waals surface area (Å²) >= 11 is 1.67. The Labute approximate surface area is 129 Å². The van der Waals surface area contributed by atoms with Gasteiger partial charge in [-0.3, -0.25) is 4.79 Å². The molecule has 3 nitrogen and oxygen atoms in total. The van der Waals surface area contributed by atoms with E-state index in [4.69, 9.17) is 0 Å². The van der Waals surface area contributed by atoms with E-state index in [-0.39, 0.29) is 5.91 Å². The molecule has 3 rings (SSSR count). The minimum absolute atomic E-state index is 0.250. The predicted octanol–water partition coefficient (Wildman–Crippen LogP) is 3.23. The van der Waals surface area contributed by atoms with Crippen LogP contribution in [-0.2, 0) is 17.6 Å². The fourth-order valence-corrected chi connectivity index (χ4v) is 3.20. The third kappa shape index (κ3) is 3.91. The summed E-state index contributed by atoms with van der Waals surface area (Å²) in [6, 6.07) is 8.69. The fourth-order valence-electron chi connectivity index (χ4n) is 2.59. The summed E-state index contributed by atoms with van der Waals surface area (Å²) in [6.45, 7) is 2.86. The Kier molecular flexibility index (Phi) is 4.34. The first-order valence-electron chi connectivity index (χ1n) is 7.46. The molecule has 21 heavy (non-hydrogen) atoms. The number of carbonyl (C=O) groups excluding carboxylic acids is 1. The standard InChI is InChI=1S/C17H20N2OS/c1-13-3-2-4-14(11-13)12-17(20)19(15-5-6-15)9-7-16-18-8-10-21-16/h2-4,8,10-11,15H,5-7,9,12H2,1H3. The van der Waals surface area contributed by atoms with Crippen LogP contribution in [0.3, 0.4) is 0 Å². The molecule has 0 unspecified atom stereocenters. The number of aryl methyl sites for hydroxylation is 1. The van der Waals surface area contributed by atoms with Gasteiger partial charge in [-0.25, -0.2) is 4.98 Å². The van der Waals surface area contributed by atoms with E-state index in [0.29, 0.717) is 12.5 Å². The molecule has 0 saturated heterocycles. The lowest BCUT2D eigenvalue weighted by atomic mass is 10.1. The molecule has 110 valence electrons. The van der Waals surface area contributed by atoms with Crippen molar-refractivity contribution < 1.29 is 4.79 Å². The number of rotatable bonds is 6. The Morgan fingerprint density at radius 2 is 2.29 bits per heavy atom. The van der Waals surface area contributed by atoms with Crippen molar-refractivity contribution >= 4 is 17.2 Å². The first-order chi connectivity index (χ1) is 10.2. The van der Waals surface area contributed by atoms with Gasteiger partial charge in [0.25, 0.3) is 0 Å². The number of thiazole rings is 1. The molecule has 0 atom stereocenters. The zero-order valence-corrected chi connectivity index (χ0v) is 13.1. The normalized spacial score (nSPS) is 14.1. The SMILES string of the molecule is Cc1cccc(CC(=O)N(CCc2nccs2)C2CC2)c1. The van der Waals surface area contributed by atoms with Crippen molar-refractivity contribution in [3.05, 3.63) is 52.0 Å². The summed E-state index contributed by atoms with van der Waals surface area (Å²) in [7, 11) is 0. The Morgan fingerprint density at radius 3 is 2.95 bits per heavy atom. The second-order valence-corrected chi connectivity index (χ2v) is 6.64. The lowest BCUT2D eigenvalue weighted by molar-refractivity contribution is -0.131. The fraction of sp³-hybridized carbons (Fsp3) is 0.412. The summed E-state index contributed by atoms with van der Waals surface area (Å²) < 4.78 is 0. The molecule has 1 aromatic carbocycles. The number of nitrogens with zero attached hydrogens (tertiary/aromatic N) is 2. The van der Waals surface area contributed by atoms with Gasteiger partial charge in [0.15, 0.2) is 0 Å². The largest absolute Gasteiger partial charge is 0.339 e. The molecule has 1 fully saturated rings. The first kappa shape index (κ1) is 14.3. The van der Waals surface area contributed by atoms with Gasteiger partial charge in [-0.2, -0.15) is 0 Å². The minimum Gasteiger partial charge on any atom is -0.339 e. The number of amides is 1. The van der Waals surface area contributed by atoms with Crippen LogP contribution >= 0.6 is 11.3 Å². The monoisotopic (exact) mass is 300 g/mol. The van der Waals surface area contributed by atoms with Crippen LogP contribution in [0, 0.1) is 6.92 Å². The van der Waals surface area contributed by atoms with Crippen molar-refractivity contribution in [3.8, 4) is 0 Å². The van der Waals surface area contributed by atoms with Gasteiger partial charge in [0.05, 0.1) is 11.4 Å². The quantitative estimate of drug-likeness (QED) is 0.820. The second kappa shape index (κ2) is 6.39. The second-order valence-electron chi connectivity index (χ2n) is 5.66. The molecule has 1 heterocycles. The average Bonchev–Trinajstić information content (AvgIpc) is 3.14. The Balaban J connectivity index is 1.62. The van der Waals surface area contributed by atoms with E-state index in [2.05, 4.69) is 28.9 Å². The van der Waals surface area contributed by atoms with Crippen molar-refractivity contribution in [3.63, 3.8) is 0 Å². The predicted molar refractivity (Wildman–Crippen MR) is 85.4 cm³/mol. The third-order valence-corrected chi connectivity index (χ3v) is 4.64. The molecule has 0 aliphatic heterocycles. The lowest BCUT2D eigenvalue weighted by Gasteiger charge is -2.22. The van der Waals surface area contributed by atoms with E-state index in [9.17, 15) is 4.79 Å². The van der Waals surface area contributed by atoms with Crippen LogP contribution < -0.4 is 0 Å². The number of benzene rings is 1. The zero-order valence-electron chi connectivity index (χ0n) is 12.3. The van der Waals surface area contributed by atoms with Crippen molar-refractivity contribution in [1.29, 1.82) is 0 Å². The topological polar surface area (TPSA) is 33.2 Å². The van der Waals surface area contributed by atoms with Gasteiger partial charge < -0.3 is 4.90 Å². The maximum absolute atomic E-state index is 12.6. The van der Waals surface area contributed by atoms with Crippen molar-refractivity contribution in [2.75, 3.05) is 6.54 Å².